The lowest BCUT2D eigenvalue weighted by atomic mass is 10.1. The summed E-state index contributed by atoms with van der Waals surface area (Å²) >= 11 is 5.99. The van der Waals surface area contributed by atoms with E-state index in [2.05, 4.69) is 9.97 Å². The summed E-state index contributed by atoms with van der Waals surface area (Å²) in [4.78, 5) is 18.9. The zero-order valence-corrected chi connectivity index (χ0v) is 12.9. The molecule has 0 bridgehead atoms. The molecule has 0 fully saturated rings. The van der Waals surface area contributed by atoms with Crippen molar-refractivity contribution in [3.05, 3.63) is 49.9 Å². The van der Waals surface area contributed by atoms with Gasteiger partial charge in [0.15, 0.2) is 0 Å². The minimum atomic E-state index is -0.472. The molecule has 0 amide bonds. The molecule has 6 nitrogen and oxygen atoms in total. The van der Waals surface area contributed by atoms with Crippen LogP contribution in [-0.2, 0) is 0 Å². The Bertz CT molecular complexity index is 732. The number of rotatable bonds is 3. The highest BCUT2D eigenvalue weighted by atomic mass is 35.5. The first-order chi connectivity index (χ1) is 9.79. The molecule has 1 aromatic heterocycles. The molecule has 0 saturated heterocycles. The topological polar surface area (TPSA) is 78.2 Å². The quantitative estimate of drug-likeness (QED) is 0.485. The highest BCUT2D eigenvalue weighted by Crippen LogP contribution is 2.36. The Morgan fingerprint density at radius 3 is 2.48 bits per heavy atom. The van der Waals surface area contributed by atoms with Crippen LogP contribution in [-0.4, -0.2) is 14.9 Å². The smallest absolute Gasteiger partial charge is 0.312 e. The van der Waals surface area contributed by atoms with Crippen molar-refractivity contribution in [2.75, 3.05) is 0 Å². The lowest BCUT2D eigenvalue weighted by Crippen LogP contribution is -2.01. The van der Waals surface area contributed by atoms with E-state index in [1.54, 1.807) is 27.7 Å². The van der Waals surface area contributed by atoms with E-state index in [1.165, 1.54) is 6.07 Å². The molecular weight excluding hydrogens is 294 g/mol. The molecule has 21 heavy (non-hydrogen) atoms. The number of nitro benzene ring substituents is 1. The molecule has 0 atom stereocenters. The summed E-state index contributed by atoms with van der Waals surface area (Å²) in [5.41, 5.74) is 1.89. The van der Waals surface area contributed by atoms with Crippen LogP contribution in [0.15, 0.2) is 12.1 Å². The molecule has 2 aromatic rings. The molecule has 1 heterocycles. The van der Waals surface area contributed by atoms with Gasteiger partial charge in [0, 0.05) is 11.6 Å². The molecular formula is C14H14ClN3O3. The molecule has 1 aromatic carbocycles. The molecule has 0 aliphatic rings. The second-order valence-corrected chi connectivity index (χ2v) is 5.14. The monoisotopic (exact) mass is 307 g/mol. The Morgan fingerprint density at radius 1 is 1.19 bits per heavy atom. The lowest BCUT2D eigenvalue weighted by Gasteiger charge is -2.12. The number of hydrogen-bond donors (Lipinski definition) is 0. The van der Waals surface area contributed by atoms with E-state index < -0.39 is 4.92 Å². The number of aryl methyl sites for hydroxylation is 3. The van der Waals surface area contributed by atoms with Gasteiger partial charge in [-0.05, 0) is 38.8 Å². The summed E-state index contributed by atoms with van der Waals surface area (Å²) in [6, 6.07) is 3.28. The van der Waals surface area contributed by atoms with E-state index in [9.17, 15) is 10.1 Å². The minimum Gasteiger partial charge on any atom is -0.431 e. The third kappa shape index (κ3) is 3.11. The second-order valence-electron chi connectivity index (χ2n) is 4.78. The van der Waals surface area contributed by atoms with E-state index in [0.29, 0.717) is 17.0 Å². The van der Waals surface area contributed by atoms with Gasteiger partial charge in [-0.15, -0.1) is 0 Å². The zero-order valence-electron chi connectivity index (χ0n) is 12.1. The van der Waals surface area contributed by atoms with Crippen molar-refractivity contribution < 1.29 is 9.66 Å². The predicted octanol–water partition coefficient (Wildman–Crippen LogP) is 4.06. The fourth-order valence-electron chi connectivity index (χ4n) is 1.97. The summed E-state index contributed by atoms with van der Waals surface area (Å²) in [5, 5.41) is 11.5. The normalized spacial score (nSPS) is 10.5. The molecule has 110 valence electrons. The molecule has 0 aliphatic heterocycles. The Labute approximate surface area is 126 Å². The van der Waals surface area contributed by atoms with E-state index in [0.717, 1.165) is 5.56 Å². The molecule has 0 N–H and O–H groups in total. The highest BCUT2D eigenvalue weighted by Gasteiger charge is 2.21. The van der Waals surface area contributed by atoms with Gasteiger partial charge in [-0.3, -0.25) is 10.1 Å². The van der Waals surface area contributed by atoms with Crippen molar-refractivity contribution in [2.24, 2.45) is 0 Å². The Balaban J connectivity index is 2.57. The SMILES string of the molecule is Cc1cc(C)c(Oc2nc(C)nc(Cl)c2C)c([N+](=O)[O-])c1. The van der Waals surface area contributed by atoms with Gasteiger partial charge in [-0.2, -0.15) is 4.98 Å². The molecule has 0 radical (unpaired) electrons. The summed E-state index contributed by atoms with van der Waals surface area (Å²) in [5.74, 6) is 0.832. The van der Waals surface area contributed by atoms with Crippen LogP contribution in [0, 0.1) is 37.8 Å². The minimum absolute atomic E-state index is 0.0979. The van der Waals surface area contributed by atoms with Gasteiger partial charge in [0.25, 0.3) is 0 Å². The summed E-state index contributed by atoms with van der Waals surface area (Å²) in [7, 11) is 0. The zero-order chi connectivity index (χ0) is 15.7. The third-order valence-corrected chi connectivity index (χ3v) is 3.32. The van der Waals surface area contributed by atoms with Gasteiger partial charge >= 0.3 is 5.69 Å². The number of nitrogens with zero attached hydrogens (tertiary/aromatic N) is 3. The van der Waals surface area contributed by atoms with Crippen molar-refractivity contribution >= 4 is 17.3 Å². The van der Waals surface area contributed by atoms with E-state index in [1.807, 2.05) is 6.07 Å². The maximum absolute atomic E-state index is 11.2. The fraction of sp³-hybridized carbons (Fsp3) is 0.286. The van der Waals surface area contributed by atoms with Crippen molar-refractivity contribution in [3.8, 4) is 11.6 Å². The standard InChI is InChI=1S/C14H14ClN3O3/c1-7-5-8(2)12(11(6-7)18(19)20)21-14-9(3)13(15)16-10(4)17-14/h5-6H,1-4H3. The molecule has 2 rings (SSSR count). The van der Waals surface area contributed by atoms with Crippen LogP contribution < -0.4 is 4.74 Å². The van der Waals surface area contributed by atoms with E-state index in [-0.39, 0.29) is 22.5 Å². The lowest BCUT2D eigenvalue weighted by molar-refractivity contribution is -0.385. The van der Waals surface area contributed by atoms with Gasteiger partial charge in [0.1, 0.15) is 11.0 Å². The first-order valence-electron chi connectivity index (χ1n) is 6.24. The number of ether oxygens (including phenoxy) is 1. The van der Waals surface area contributed by atoms with Crippen molar-refractivity contribution in [1.29, 1.82) is 0 Å². The first-order valence-corrected chi connectivity index (χ1v) is 6.61. The summed E-state index contributed by atoms with van der Waals surface area (Å²) in [6.45, 7) is 6.92. The fourth-order valence-corrected chi connectivity index (χ4v) is 2.17. The average Bonchev–Trinajstić information content (AvgIpc) is 2.37. The van der Waals surface area contributed by atoms with Crippen LogP contribution in [0.2, 0.25) is 5.15 Å². The van der Waals surface area contributed by atoms with Crippen molar-refractivity contribution in [1.82, 2.24) is 9.97 Å². The van der Waals surface area contributed by atoms with Gasteiger partial charge < -0.3 is 4.74 Å². The van der Waals surface area contributed by atoms with Crippen LogP contribution in [0.25, 0.3) is 0 Å². The largest absolute Gasteiger partial charge is 0.431 e. The molecule has 0 saturated carbocycles. The number of aromatic nitrogens is 2. The average molecular weight is 308 g/mol. The predicted molar refractivity (Wildman–Crippen MR) is 79.2 cm³/mol. The number of halogens is 1. The number of hydrogen-bond acceptors (Lipinski definition) is 5. The first kappa shape index (κ1) is 15.2. The maximum Gasteiger partial charge on any atom is 0.312 e. The van der Waals surface area contributed by atoms with Crippen LogP contribution in [0.3, 0.4) is 0 Å². The van der Waals surface area contributed by atoms with E-state index >= 15 is 0 Å². The summed E-state index contributed by atoms with van der Waals surface area (Å²) < 4.78 is 5.67. The van der Waals surface area contributed by atoms with Crippen LogP contribution >= 0.6 is 11.6 Å². The van der Waals surface area contributed by atoms with Gasteiger partial charge in [-0.1, -0.05) is 17.7 Å². The Morgan fingerprint density at radius 2 is 1.86 bits per heavy atom. The Kier molecular flexibility index (Phi) is 4.09. The molecule has 0 unspecified atom stereocenters. The van der Waals surface area contributed by atoms with Crippen LogP contribution in [0.1, 0.15) is 22.5 Å². The second kappa shape index (κ2) is 5.65. The summed E-state index contributed by atoms with van der Waals surface area (Å²) in [6.07, 6.45) is 0. The number of nitro groups is 1. The maximum atomic E-state index is 11.2. The highest BCUT2D eigenvalue weighted by molar-refractivity contribution is 6.30. The van der Waals surface area contributed by atoms with Gasteiger partial charge in [0.2, 0.25) is 11.6 Å². The Hall–Kier alpha value is -2.21. The van der Waals surface area contributed by atoms with Crippen molar-refractivity contribution in [2.45, 2.75) is 27.7 Å². The van der Waals surface area contributed by atoms with Gasteiger partial charge in [-0.25, -0.2) is 4.98 Å². The molecule has 0 spiro atoms. The third-order valence-electron chi connectivity index (χ3n) is 2.95. The van der Waals surface area contributed by atoms with E-state index in [4.69, 9.17) is 16.3 Å². The molecule has 0 aliphatic carbocycles. The van der Waals surface area contributed by atoms with Crippen LogP contribution in [0.4, 0.5) is 5.69 Å². The number of benzene rings is 1. The van der Waals surface area contributed by atoms with Crippen LogP contribution in [0.5, 0.6) is 11.6 Å². The molecule has 7 heteroatoms. The van der Waals surface area contributed by atoms with Gasteiger partial charge in [0.05, 0.1) is 4.92 Å². The van der Waals surface area contributed by atoms with Crippen molar-refractivity contribution in [3.63, 3.8) is 0 Å².